The molecule has 3 heteroatoms. The third kappa shape index (κ3) is 1.37. The predicted octanol–water partition coefficient (Wildman–Crippen LogP) is 0.591. The third-order valence-electron chi connectivity index (χ3n) is 3.13. The Morgan fingerprint density at radius 3 is 2.33 bits per heavy atom. The average Bonchev–Trinajstić information content (AvgIpc) is 2.59. The van der Waals surface area contributed by atoms with Gasteiger partial charge >= 0.3 is 0 Å². The first kappa shape index (κ1) is 8.48. The maximum atomic E-state index is 2.52. The molecular formula is C9H19N3. The molecule has 0 spiro atoms. The zero-order chi connectivity index (χ0) is 8.55. The van der Waals surface area contributed by atoms with E-state index in [4.69, 9.17) is 0 Å². The highest BCUT2D eigenvalue weighted by molar-refractivity contribution is 4.78. The number of rotatable bonds is 1. The maximum Gasteiger partial charge on any atom is 0.0758 e. The number of hydrogen-bond acceptors (Lipinski definition) is 3. The summed E-state index contributed by atoms with van der Waals surface area (Å²) >= 11 is 0. The molecule has 2 aliphatic rings. The van der Waals surface area contributed by atoms with E-state index in [-0.39, 0.29) is 0 Å². The fraction of sp³-hybridized carbons (Fsp3) is 1.00. The Hall–Kier alpha value is -0.120. The summed E-state index contributed by atoms with van der Waals surface area (Å²) in [4.78, 5) is 2.47. The minimum Gasteiger partial charge on any atom is -0.290 e. The maximum absolute atomic E-state index is 2.52. The van der Waals surface area contributed by atoms with Gasteiger partial charge in [0, 0.05) is 20.1 Å². The summed E-state index contributed by atoms with van der Waals surface area (Å²) in [6.45, 7) is 3.77. The quantitative estimate of drug-likeness (QED) is 0.569. The topological polar surface area (TPSA) is 9.72 Å². The molecule has 2 saturated heterocycles. The van der Waals surface area contributed by atoms with Crippen LogP contribution in [0.5, 0.6) is 0 Å². The molecule has 2 heterocycles. The molecule has 0 amide bonds. The van der Waals surface area contributed by atoms with Crippen molar-refractivity contribution in [2.75, 3.05) is 33.7 Å². The van der Waals surface area contributed by atoms with Gasteiger partial charge in [0.2, 0.25) is 0 Å². The molecule has 0 aromatic heterocycles. The van der Waals surface area contributed by atoms with Gasteiger partial charge in [-0.15, -0.1) is 0 Å². The van der Waals surface area contributed by atoms with E-state index in [0.29, 0.717) is 6.17 Å². The Labute approximate surface area is 74.9 Å². The zero-order valence-electron chi connectivity index (χ0n) is 8.16. The largest absolute Gasteiger partial charge is 0.290 e. The standard InChI is InChI=1S/C9H19N3/c1-10-6-3-5-9(10)12-8-4-7-11(12)2/h9H,3-8H2,1-2H3. The van der Waals surface area contributed by atoms with Crippen LogP contribution in [-0.4, -0.2) is 54.8 Å². The van der Waals surface area contributed by atoms with Crippen LogP contribution in [0.1, 0.15) is 19.3 Å². The minimum atomic E-state index is 0.692. The van der Waals surface area contributed by atoms with Crippen LogP contribution in [0, 0.1) is 0 Å². The van der Waals surface area contributed by atoms with Crippen LogP contribution in [0.15, 0.2) is 0 Å². The molecule has 70 valence electrons. The van der Waals surface area contributed by atoms with Crippen molar-refractivity contribution in [3.05, 3.63) is 0 Å². The van der Waals surface area contributed by atoms with E-state index in [1.165, 1.54) is 38.9 Å². The first-order chi connectivity index (χ1) is 5.79. The van der Waals surface area contributed by atoms with Crippen molar-refractivity contribution in [1.82, 2.24) is 14.9 Å². The van der Waals surface area contributed by atoms with E-state index in [1.807, 2.05) is 0 Å². The lowest BCUT2D eigenvalue weighted by molar-refractivity contribution is -0.0392. The van der Waals surface area contributed by atoms with Crippen LogP contribution in [-0.2, 0) is 0 Å². The Kier molecular flexibility index (Phi) is 2.35. The van der Waals surface area contributed by atoms with Crippen molar-refractivity contribution in [1.29, 1.82) is 0 Å². The molecular weight excluding hydrogens is 150 g/mol. The second-order valence-electron chi connectivity index (χ2n) is 4.00. The Morgan fingerprint density at radius 1 is 1.00 bits per heavy atom. The number of hydrazine groups is 1. The summed E-state index contributed by atoms with van der Waals surface area (Å²) < 4.78 is 0. The third-order valence-corrected chi connectivity index (χ3v) is 3.13. The lowest BCUT2D eigenvalue weighted by atomic mass is 10.3. The fourth-order valence-electron chi connectivity index (χ4n) is 2.41. The molecule has 3 nitrogen and oxygen atoms in total. The lowest BCUT2D eigenvalue weighted by Gasteiger charge is -2.34. The van der Waals surface area contributed by atoms with Gasteiger partial charge < -0.3 is 0 Å². The summed E-state index contributed by atoms with van der Waals surface area (Å²) in [5.74, 6) is 0. The molecule has 0 aromatic carbocycles. The molecule has 2 aliphatic heterocycles. The highest BCUT2D eigenvalue weighted by atomic mass is 15.7. The fourth-order valence-corrected chi connectivity index (χ4v) is 2.41. The number of nitrogens with zero attached hydrogens (tertiary/aromatic N) is 3. The van der Waals surface area contributed by atoms with Crippen LogP contribution in [0.3, 0.4) is 0 Å². The van der Waals surface area contributed by atoms with Gasteiger partial charge in [0.05, 0.1) is 6.17 Å². The van der Waals surface area contributed by atoms with E-state index < -0.39 is 0 Å². The Balaban J connectivity index is 1.98. The van der Waals surface area contributed by atoms with Crippen LogP contribution >= 0.6 is 0 Å². The number of hydrogen-bond donors (Lipinski definition) is 0. The Morgan fingerprint density at radius 2 is 1.83 bits per heavy atom. The first-order valence-corrected chi connectivity index (χ1v) is 4.97. The molecule has 2 rings (SSSR count). The van der Waals surface area contributed by atoms with Crippen molar-refractivity contribution in [2.45, 2.75) is 25.4 Å². The average molecular weight is 169 g/mol. The molecule has 0 saturated carbocycles. The normalized spacial score (nSPS) is 35.0. The summed E-state index contributed by atoms with van der Waals surface area (Å²) in [6, 6.07) is 0. The van der Waals surface area contributed by atoms with Crippen LogP contribution in [0.25, 0.3) is 0 Å². The first-order valence-electron chi connectivity index (χ1n) is 4.97. The van der Waals surface area contributed by atoms with Gasteiger partial charge in [0.1, 0.15) is 0 Å². The second kappa shape index (κ2) is 3.32. The van der Waals surface area contributed by atoms with Gasteiger partial charge in [-0.05, 0) is 32.9 Å². The molecule has 0 N–H and O–H groups in total. The van der Waals surface area contributed by atoms with E-state index in [1.54, 1.807) is 0 Å². The van der Waals surface area contributed by atoms with Crippen molar-refractivity contribution in [3.63, 3.8) is 0 Å². The van der Waals surface area contributed by atoms with Crippen LogP contribution in [0.4, 0.5) is 0 Å². The second-order valence-corrected chi connectivity index (χ2v) is 4.00. The number of likely N-dealkylation sites (tertiary alicyclic amines) is 1. The van der Waals surface area contributed by atoms with Crippen LogP contribution in [0.2, 0.25) is 0 Å². The minimum absolute atomic E-state index is 0.692. The molecule has 12 heavy (non-hydrogen) atoms. The van der Waals surface area contributed by atoms with Crippen molar-refractivity contribution < 1.29 is 0 Å². The van der Waals surface area contributed by atoms with Gasteiger partial charge in [0.15, 0.2) is 0 Å². The van der Waals surface area contributed by atoms with Gasteiger partial charge in [-0.3, -0.25) is 4.90 Å². The Bertz CT molecular complexity index is 142. The van der Waals surface area contributed by atoms with Gasteiger partial charge in [-0.2, -0.15) is 0 Å². The van der Waals surface area contributed by atoms with E-state index in [2.05, 4.69) is 29.0 Å². The van der Waals surface area contributed by atoms with E-state index >= 15 is 0 Å². The molecule has 0 radical (unpaired) electrons. The SMILES string of the molecule is CN1CCCC1N1CCCN1C. The highest BCUT2D eigenvalue weighted by Gasteiger charge is 2.31. The molecule has 1 unspecified atom stereocenters. The predicted molar refractivity (Wildman–Crippen MR) is 49.6 cm³/mol. The monoisotopic (exact) mass is 169 g/mol. The van der Waals surface area contributed by atoms with Gasteiger partial charge in [-0.25, -0.2) is 10.0 Å². The van der Waals surface area contributed by atoms with Crippen LogP contribution < -0.4 is 0 Å². The molecule has 0 bridgehead atoms. The summed E-state index contributed by atoms with van der Waals surface area (Å²) in [6.07, 6.45) is 4.74. The van der Waals surface area contributed by atoms with Crippen molar-refractivity contribution >= 4 is 0 Å². The molecule has 2 fully saturated rings. The summed E-state index contributed by atoms with van der Waals surface area (Å²) in [7, 11) is 4.45. The smallest absolute Gasteiger partial charge is 0.0758 e. The molecule has 1 atom stereocenters. The van der Waals surface area contributed by atoms with Gasteiger partial charge in [-0.1, -0.05) is 0 Å². The highest BCUT2D eigenvalue weighted by Crippen LogP contribution is 2.22. The van der Waals surface area contributed by atoms with Gasteiger partial charge in [0.25, 0.3) is 0 Å². The lowest BCUT2D eigenvalue weighted by Crippen LogP contribution is -2.47. The molecule has 0 aliphatic carbocycles. The zero-order valence-corrected chi connectivity index (χ0v) is 8.16. The van der Waals surface area contributed by atoms with Crippen molar-refractivity contribution in [3.8, 4) is 0 Å². The van der Waals surface area contributed by atoms with E-state index in [0.717, 1.165) is 0 Å². The molecule has 0 aromatic rings. The summed E-state index contributed by atoms with van der Waals surface area (Å²) in [5.41, 5.74) is 0. The summed E-state index contributed by atoms with van der Waals surface area (Å²) in [5, 5.41) is 4.90. The van der Waals surface area contributed by atoms with Crippen molar-refractivity contribution in [2.24, 2.45) is 0 Å². The van der Waals surface area contributed by atoms with E-state index in [9.17, 15) is 0 Å².